The van der Waals surface area contributed by atoms with Crippen molar-refractivity contribution in [3.05, 3.63) is 70.0 Å². The molecular formula is C18H19N5O2. The van der Waals surface area contributed by atoms with E-state index in [9.17, 15) is 10.1 Å². The molecule has 0 bridgehead atoms. The maximum absolute atomic E-state index is 10.8. The normalized spacial score (nSPS) is 11.8. The molecule has 0 aliphatic heterocycles. The molecule has 0 atom stereocenters. The number of fused-ring (bicyclic) bond motifs is 1. The molecule has 7 nitrogen and oxygen atoms in total. The molecule has 7 heteroatoms. The van der Waals surface area contributed by atoms with Crippen LogP contribution in [-0.2, 0) is 12.8 Å². The third-order valence-corrected chi connectivity index (χ3v) is 4.11. The Morgan fingerprint density at radius 3 is 2.88 bits per heavy atom. The van der Waals surface area contributed by atoms with Gasteiger partial charge in [0.1, 0.15) is 5.65 Å². The number of hydrogen-bond acceptors (Lipinski definition) is 4. The van der Waals surface area contributed by atoms with Gasteiger partial charge in [-0.15, -0.1) is 0 Å². The van der Waals surface area contributed by atoms with Crippen LogP contribution in [0.4, 0.5) is 5.69 Å². The van der Waals surface area contributed by atoms with Crippen molar-refractivity contribution >= 4 is 22.4 Å². The molecule has 0 spiro atoms. The van der Waals surface area contributed by atoms with E-state index in [2.05, 4.69) is 15.1 Å². The highest BCUT2D eigenvalue weighted by Gasteiger charge is 2.10. The summed E-state index contributed by atoms with van der Waals surface area (Å²) in [4.78, 5) is 18.2. The Morgan fingerprint density at radius 1 is 1.24 bits per heavy atom. The zero-order valence-corrected chi connectivity index (χ0v) is 13.7. The van der Waals surface area contributed by atoms with E-state index in [4.69, 9.17) is 5.73 Å². The maximum atomic E-state index is 10.8. The van der Waals surface area contributed by atoms with Gasteiger partial charge in [-0.1, -0.05) is 12.1 Å². The second-order valence-electron chi connectivity index (χ2n) is 5.86. The van der Waals surface area contributed by atoms with Crippen LogP contribution in [0, 0.1) is 10.1 Å². The fraction of sp³-hybridized carbons (Fsp3) is 0.222. The summed E-state index contributed by atoms with van der Waals surface area (Å²) in [5.74, 6) is 0. The zero-order valence-electron chi connectivity index (χ0n) is 13.7. The van der Waals surface area contributed by atoms with Crippen LogP contribution in [0.25, 0.3) is 11.0 Å². The Bertz CT molecular complexity index is 916. The van der Waals surface area contributed by atoms with Gasteiger partial charge in [0.05, 0.1) is 10.8 Å². The predicted molar refractivity (Wildman–Crippen MR) is 98.0 cm³/mol. The number of pyridine rings is 1. The molecule has 2 heterocycles. The summed E-state index contributed by atoms with van der Waals surface area (Å²) in [6, 6.07) is 11.5. The Kier molecular flexibility index (Phi) is 5.03. The number of hydrogen-bond donors (Lipinski definition) is 2. The van der Waals surface area contributed by atoms with Crippen molar-refractivity contribution in [1.82, 2.24) is 9.97 Å². The first-order valence-corrected chi connectivity index (χ1v) is 8.08. The van der Waals surface area contributed by atoms with Gasteiger partial charge in [-0.3, -0.25) is 0 Å². The molecule has 0 aliphatic carbocycles. The lowest BCUT2D eigenvalue weighted by Crippen LogP contribution is -2.06. The second kappa shape index (κ2) is 7.57. The van der Waals surface area contributed by atoms with Crippen molar-refractivity contribution in [3.63, 3.8) is 0 Å². The number of benzene rings is 1. The van der Waals surface area contributed by atoms with Gasteiger partial charge in [-0.25, -0.2) is 15.1 Å². The Labute approximate surface area is 144 Å². The number of hydrazone groups is 1. The first kappa shape index (κ1) is 16.6. The Balaban J connectivity index is 1.69. The number of nitro groups is 1. The average Bonchev–Trinajstić information content (AvgIpc) is 3.06. The number of nitrogens with two attached hydrogens (primary N) is 1. The van der Waals surface area contributed by atoms with Crippen LogP contribution in [0.1, 0.15) is 24.0 Å². The highest BCUT2D eigenvalue weighted by Crippen LogP contribution is 2.18. The van der Waals surface area contributed by atoms with Crippen LogP contribution in [-0.4, -0.2) is 20.7 Å². The molecule has 0 aliphatic rings. The van der Waals surface area contributed by atoms with E-state index < -0.39 is 5.03 Å². The van der Waals surface area contributed by atoms with Crippen molar-refractivity contribution in [2.75, 3.05) is 5.73 Å². The third kappa shape index (κ3) is 4.41. The van der Waals surface area contributed by atoms with Crippen molar-refractivity contribution in [2.24, 2.45) is 5.10 Å². The monoisotopic (exact) mass is 337 g/mol. The number of aryl methyl sites for hydroxylation is 2. The molecule has 0 radical (unpaired) electrons. The molecular weight excluding hydrogens is 318 g/mol. The Hall–Kier alpha value is -3.22. The minimum absolute atomic E-state index is 0.534. The average molecular weight is 337 g/mol. The fourth-order valence-electron chi connectivity index (χ4n) is 2.89. The van der Waals surface area contributed by atoms with E-state index in [1.54, 1.807) is 6.20 Å². The van der Waals surface area contributed by atoms with Crippen LogP contribution in [0.15, 0.2) is 53.9 Å². The molecule has 128 valence electrons. The van der Waals surface area contributed by atoms with Gasteiger partial charge in [-0.2, -0.15) is 0 Å². The van der Waals surface area contributed by atoms with E-state index in [1.807, 2.05) is 42.6 Å². The summed E-state index contributed by atoms with van der Waals surface area (Å²) in [5, 5.41) is 14.8. The molecule has 3 rings (SSSR count). The molecule has 3 N–H and O–H groups in total. The summed E-state index contributed by atoms with van der Waals surface area (Å²) in [5.41, 5.74) is 10.0. The van der Waals surface area contributed by atoms with Gasteiger partial charge in [0, 0.05) is 23.5 Å². The van der Waals surface area contributed by atoms with Crippen LogP contribution < -0.4 is 5.73 Å². The predicted octanol–water partition coefficient (Wildman–Crippen LogP) is 3.34. The molecule has 0 amide bonds. The Morgan fingerprint density at radius 2 is 2.08 bits per heavy atom. The van der Waals surface area contributed by atoms with Crippen LogP contribution in [0.2, 0.25) is 0 Å². The molecule has 2 aromatic heterocycles. The van der Waals surface area contributed by atoms with Crippen LogP contribution >= 0.6 is 0 Å². The van der Waals surface area contributed by atoms with Gasteiger partial charge >= 0.3 is 0 Å². The number of anilines is 1. The third-order valence-electron chi connectivity index (χ3n) is 4.11. The summed E-state index contributed by atoms with van der Waals surface area (Å²) >= 11 is 0. The van der Waals surface area contributed by atoms with E-state index in [0.717, 1.165) is 22.2 Å². The largest absolute Gasteiger partial charge is 0.399 e. The van der Waals surface area contributed by atoms with Crippen molar-refractivity contribution in [3.8, 4) is 0 Å². The molecule has 3 aromatic rings. The highest BCUT2D eigenvalue weighted by molar-refractivity contribution is 5.85. The number of nitrogen functional groups attached to an aromatic ring is 1. The summed E-state index contributed by atoms with van der Waals surface area (Å²) in [6.45, 7) is 0. The zero-order chi connectivity index (χ0) is 17.6. The minimum Gasteiger partial charge on any atom is -0.399 e. The number of nitrogens with one attached hydrogen (secondary N) is 1. The highest BCUT2D eigenvalue weighted by atomic mass is 16.7. The van der Waals surface area contributed by atoms with E-state index in [-0.39, 0.29) is 0 Å². The van der Waals surface area contributed by atoms with Crippen LogP contribution in [0.3, 0.4) is 0 Å². The molecule has 25 heavy (non-hydrogen) atoms. The van der Waals surface area contributed by atoms with Gasteiger partial charge in [0.25, 0.3) is 0 Å². The van der Waals surface area contributed by atoms with Crippen molar-refractivity contribution < 1.29 is 5.03 Å². The second-order valence-corrected chi connectivity index (χ2v) is 5.86. The number of nitrogens with zero attached hydrogens (tertiary/aromatic N) is 3. The van der Waals surface area contributed by atoms with Gasteiger partial charge in [0.2, 0.25) is 0 Å². The summed E-state index contributed by atoms with van der Waals surface area (Å²) < 4.78 is 0. The molecule has 0 unspecified atom stereocenters. The lowest BCUT2D eigenvalue weighted by Gasteiger charge is -2.06. The van der Waals surface area contributed by atoms with Crippen molar-refractivity contribution in [2.45, 2.75) is 25.7 Å². The maximum Gasteiger partial charge on any atom is 0.190 e. The lowest BCUT2D eigenvalue weighted by atomic mass is 10.0. The van der Waals surface area contributed by atoms with E-state index >= 15 is 0 Å². The number of H-pyrrole nitrogens is 1. The first-order chi connectivity index (χ1) is 12.1. The number of rotatable bonds is 7. The number of aromatic nitrogens is 2. The van der Waals surface area contributed by atoms with E-state index in [0.29, 0.717) is 37.1 Å². The van der Waals surface area contributed by atoms with E-state index in [1.165, 1.54) is 0 Å². The number of aromatic amines is 1. The first-order valence-electron chi connectivity index (χ1n) is 8.08. The quantitative estimate of drug-likeness (QED) is 0.298. The van der Waals surface area contributed by atoms with Crippen LogP contribution in [0.5, 0.6) is 0 Å². The molecule has 0 saturated heterocycles. The minimum atomic E-state index is -0.618. The summed E-state index contributed by atoms with van der Waals surface area (Å²) in [7, 11) is 0. The lowest BCUT2D eigenvalue weighted by molar-refractivity contribution is -0.485. The standard InChI is InChI=1S/C18H19N5O2/c19-15-3-1-2-13(12-15)4-6-16(22-23(24)25)7-5-14-8-10-20-18-17(14)9-11-21-18/h1-3,8-12H,4-7,19H2,(H,20,21)/b22-16+. The molecule has 0 fully saturated rings. The topological polar surface area (TPSA) is 110 Å². The molecule has 0 saturated carbocycles. The molecule has 1 aromatic carbocycles. The smallest absolute Gasteiger partial charge is 0.190 e. The fourth-order valence-corrected chi connectivity index (χ4v) is 2.89. The SMILES string of the molecule is Nc1cccc(CC/C(CCc2ccnc3[nH]ccc23)=N\[N+](=O)[O-])c1. The summed E-state index contributed by atoms with van der Waals surface area (Å²) in [6.07, 6.45) is 6.01. The van der Waals surface area contributed by atoms with Gasteiger partial charge < -0.3 is 10.7 Å². The van der Waals surface area contributed by atoms with Gasteiger partial charge in [-0.05, 0) is 61.1 Å². The van der Waals surface area contributed by atoms with Gasteiger partial charge in [0.15, 0.2) is 5.03 Å². The van der Waals surface area contributed by atoms with Crippen molar-refractivity contribution in [1.29, 1.82) is 0 Å².